The monoisotopic (exact) mass is 422 g/mol. The summed E-state index contributed by atoms with van der Waals surface area (Å²) in [6, 6.07) is 8.72. The lowest BCUT2D eigenvalue weighted by atomic mass is 9.64. The number of halogens is 1. The Kier molecular flexibility index (Phi) is 4.75. The van der Waals surface area contributed by atoms with Gasteiger partial charge in [0.15, 0.2) is 0 Å². The highest BCUT2D eigenvalue weighted by Gasteiger charge is 2.20. The van der Waals surface area contributed by atoms with Crippen molar-refractivity contribution in [3.05, 3.63) is 28.7 Å². The molecule has 0 nitrogen and oxygen atoms in total. The molecule has 3 aromatic carbocycles. The smallest absolute Gasteiger partial charge is 0.135 e. The van der Waals surface area contributed by atoms with Gasteiger partial charge in [-0.25, -0.2) is 0 Å². The first-order valence-corrected chi connectivity index (χ1v) is 11.0. The Morgan fingerprint density at radius 2 is 1.19 bits per heavy atom. The van der Waals surface area contributed by atoms with Crippen LogP contribution in [0.25, 0.3) is 31.3 Å². The van der Waals surface area contributed by atoms with Crippen molar-refractivity contribution in [2.24, 2.45) is 0 Å². The van der Waals surface area contributed by atoms with E-state index in [2.05, 4.69) is 95.1 Å². The van der Waals surface area contributed by atoms with Crippen molar-refractivity contribution in [1.82, 2.24) is 0 Å². The third-order valence-electron chi connectivity index (χ3n) is 6.53. The molecular weight excluding hydrogens is 404 g/mol. The molecule has 0 unspecified atom stereocenters. The van der Waals surface area contributed by atoms with Crippen molar-refractivity contribution in [3.8, 4) is 11.1 Å². The maximum atomic E-state index is 3.66. The molecule has 1 heterocycles. The predicted octanol–water partition coefficient (Wildman–Crippen LogP) is -5.71. The normalized spacial score (nSPS) is 11.4. The van der Waals surface area contributed by atoms with E-state index >= 15 is 0 Å². The Bertz CT molecular complexity index is 1260. The van der Waals surface area contributed by atoms with Crippen LogP contribution in [0.3, 0.4) is 0 Å². The van der Waals surface area contributed by atoms with Gasteiger partial charge in [-0.05, 0) is 34.0 Å². The quantitative estimate of drug-likeness (QED) is 0.269. The van der Waals surface area contributed by atoms with Crippen molar-refractivity contribution in [2.45, 2.75) is 0 Å². The molecule has 1 aromatic heterocycles. The highest BCUT2D eigenvalue weighted by molar-refractivity contribution is 9.10. The average Bonchev–Trinajstić information content (AvgIpc) is 3.03. The van der Waals surface area contributed by atoms with Crippen LogP contribution in [0, 0.1) is 0 Å². The van der Waals surface area contributed by atoms with Crippen molar-refractivity contribution >= 4 is 141 Å². The summed E-state index contributed by atoms with van der Waals surface area (Å²) in [4.78, 5) is 0. The van der Waals surface area contributed by atoms with Gasteiger partial charge in [0.05, 0.1) is 0 Å². The zero-order valence-corrected chi connectivity index (χ0v) is 19.5. The van der Waals surface area contributed by atoms with Crippen LogP contribution in [0.1, 0.15) is 0 Å². The lowest BCUT2D eigenvalue weighted by Crippen LogP contribution is -2.47. The zero-order valence-electron chi connectivity index (χ0n) is 17.1. The number of hydrogen-bond acceptors (Lipinski definition) is 1. The molecular formula is C18H18B7BrS. The minimum atomic E-state index is 1.13. The summed E-state index contributed by atoms with van der Waals surface area (Å²) in [5.41, 5.74) is 12.7. The van der Waals surface area contributed by atoms with Gasteiger partial charge in [0.25, 0.3) is 0 Å². The first-order chi connectivity index (χ1) is 12.7. The summed E-state index contributed by atoms with van der Waals surface area (Å²) >= 11 is 5.64. The van der Waals surface area contributed by atoms with E-state index in [0.717, 1.165) is 4.47 Å². The number of benzene rings is 3. The molecule has 0 amide bonds. The van der Waals surface area contributed by atoms with Gasteiger partial charge in [-0.2, -0.15) is 0 Å². The van der Waals surface area contributed by atoms with Crippen LogP contribution in [-0.4, -0.2) is 54.9 Å². The molecule has 0 saturated heterocycles. The summed E-state index contributed by atoms with van der Waals surface area (Å²) in [6.45, 7) is 0. The topological polar surface area (TPSA) is 0 Å². The van der Waals surface area contributed by atoms with Crippen LogP contribution in [-0.2, 0) is 0 Å². The summed E-state index contributed by atoms with van der Waals surface area (Å²) < 4.78 is 4.01. The minimum absolute atomic E-state index is 1.13. The second kappa shape index (κ2) is 6.70. The SMILES string of the molecule is Bc1c(B)c(B)c2c(sc3c(-c4cccc(Br)c4)c(B)c(B)c(B)c32)c1B. The predicted molar refractivity (Wildman–Crippen MR) is 150 cm³/mol. The van der Waals surface area contributed by atoms with Crippen LogP contribution in [0.2, 0.25) is 0 Å². The molecule has 0 spiro atoms. The van der Waals surface area contributed by atoms with Crippen LogP contribution in [0.5, 0.6) is 0 Å². The van der Waals surface area contributed by atoms with Gasteiger partial charge >= 0.3 is 0 Å². The van der Waals surface area contributed by atoms with Gasteiger partial charge in [0.1, 0.15) is 54.9 Å². The van der Waals surface area contributed by atoms with E-state index in [-0.39, 0.29) is 0 Å². The van der Waals surface area contributed by atoms with Gasteiger partial charge < -0.3 is 0 Å². The fraction of sp³-hybridized carbons (Fsp3) is 0. The Balaban J connectivity index is 2.31. The maximum Gasteiger partial charge on any atom is 0.140 e. The van der Waals surface area contributed by atoms with Crippen LogP contribution < -0.4 is 38.2 Å². The maximum absolute atomic E-state index is 3.66. The molecule has 0 fully saturated rings. The molecule has 4 rings (SSSR count). The molecule has 0 aliphatic rings. The van der Waals surface area contributed by atoms with Gasteiger partial charge in [-0.3, -0.25) is 0 Å². The van der Waals surface area contributed by atoms with E-state index in [0.29, 0.717) is 0 Å². The molecule has 4 aromatic rings. The molecule has 9 heteroatoms. The van der Waals surface area contributed by atoms with Crippen LogP contribution in [0.4, 0.5) is 0 Å². The molecule has 124 valence electrons. The highest BCUT2D eigenvalue weighted by Crippen LogP contribution is 2.36. The van der Waals surface area contributed by atoms with Crippen molar-refractivity contribution in [2.75, 3.05) is 0 Å². The molecule has 0 radical (unpaired) electrons. The Labute approximate surface area is 179 Å². The first kappa shape index (κ1) is 19.1. The standard InChI is InChI=1S/C18H18B7BrS/c19-10-7(5-2-1-3-6(26)4-5)17-8(11(20)13(10)22)9-12(21)14(23)15(24)16(25)18(9)27-17/h1-4H,19-25H2. The summed E-state index contributed by atoms with van der Waals surface area (Å²) in [5.74, 6) is 0. The van der Waals surface area contributed by atoms with Gasteiger partial charge in [-0.1, -0.05) is 49.9 Å². The van der Waals surface area contributed by atoms with Crippen molar-refractivity contribution in [3.63, 3.8) is 0 Å². The van der Waals surface area contributed by atoms with Crippen molar-refractivity contribution < 1.29 is 0 Å². The third-order valence-corrected chi connectivity index (χ3v) is 8.35. The number of hydrogen-bond donors (Lipinski definition) is 0. The van der Waals surface area contributed by atoms with E-state index in [4.69, 9.17) is 0 Å². The first-order valence-electron chi connectivity index (χ1n) is 9.42. The van der Waals surface area contributed by atoms with Crippen LogP contribution in [0.15, 0.2) is 28.7 Å². The second-order valence-corrected chi connectivity index (χ2v) is 9.71. The minimum Gasteiger partial charge on any atom is -0.135 e. The molecule has 0 bridgehead atoms. The number of thiophene rings is 1. The fourth-order valence-electron chi connectivity index (χ4n) is 4.33. The largest absolute Gasteiger partial charge is 0.140 e. The molecule has 0 aliphatic carbocycles. The van der Waals surface area contributed by atoms with E-state index in [1.54, 1.807) is 0 Å². The lowest BCUT2D eigenvalue weighted by Gasteiger charge is -2.17. The number of rotatable bonds is 1. The highest BCUT2D eigenvalue weighted by atomic mass is 79.9. The number of fused-ring (bicyclic) bond motifs is 3. The average molecular weight is 422 g/mol. The third kappa shape index (κ3) is 2.73. The van der Waals surface area contributed by atoms with Gasteiger partial charge in [-0.15, -0.1) is 27.7 Å². The summed E-state index contributed by atoms with van der Waals surface area (Å²) in [6.07, 6.45) is 0. The van der Waals surface area contributed by atoms with E-state index in [1.807, 2.05) is 11.3 Å². The Hall–Kier alpha value is -1.19. The lowest BCUT2D eigenvalue weighted by molar-refractivity contribution is 1.64. The molecule has 0 atom stereocenters. The molecule has 0 saturated carbocycles. The second-order valence-electron chi connectivity index (χ2n) is 7.77. The molecule has 27 heavy (non-hydrogen) atoms. The van der Waals surface area contributed by atoms with E-state index < -0.39 is 0 Å². The summed E-state index contributed by atoms with van der Waals surface area (Å²) in [7, 11) is 16.0. The zero-order chi connectivity index (χ0) is 19.6. The fourth-order valence-corrected chi connectivity index (χ4v) is 6.32. The molecule has 0 N–H and O–H groups in total. The Morgan fingerprint density at radius 1 is 0.630 bits per heavy atom. The van der Waals surface area contributed by atoms with Gasteiger partial charge in [0.2, 0.25) is 0 Å². The summed E-state index contributed by atoms with van der Waals surface area (Å²) in [5, 5.41) is 2.92. The van der Waals surface area contributed by atoms with E-state index in [1.165, 1.54) is 69.5 Å². The van der Waals surface area contributed by atoms with Crippen LogP contribution >= 0.6 is 27.3 Å². The Morgan fingerprint density at radius 3 is 1.81 bits per heavy atom. The van der Waals surface area contributed by atoms with E-state index in [9.17, 15) is 0 Å². The van der Waals surface area contributed by atoms with Gasteiger partial charge in [0, 0.05) is 13.9 Å². The van der Waals surface area contributed by atoms with Crippen molar-refractivity contribution in [1.29, 1.82) is 0 Å². The molecule has 0 aliphatic heterocycles.